The molecule has 4 nitrogen and oxygen atoms in total. The monoisotopic (exact) mass is 402 g/mol. The fourth-order valence-corrected chi connectivity index (χ4v) is 3.39. The van der Waals surface area contributed by atoms with E-state index in [1.807, 2.05) is 43.3 Å². The van der Waals surface area contributed by atoms with E-state index in [9.17, 15) is 4.79 Å². The van der Waals surface area contributed by atoms with Gasteiger partial charge in [0.05, 0.1) is 18.8 Å². The number of anilines is 1. The van der Waals surface area contributed by atoms with Crippen molar-refractivity contribution in [2.75, 3.05) is 25.0 Å². The zero-order chi connectivity index (χ0) is 17.8. The minimum absolute atomic E-state index is 0.00244. The highest BCUT2D eigenvalue weighted by molar-refractivity contribution is 9.10. The third-order valence-electron chi connectivity index (χ3n) is 4.32. The first-order valence-electron chi connectivity index (χ1n) is 8.50. The molecule has 2 aromatic carbocycles. The summed E-state index contributed by atoms with van der Waals surface area (Å²) in [5.74, 6) is 0.00244. The molecule has 0 radical (unpaired) electrons. The van der Waals surface area contributed by atoms with Crippen molar-refractivity contribution >= 4 is 27.5 Å². The lowest BCUT2D eigenvalue weighted by Crippen LogP contribution is -2.46. The molecule has 1 N–H and O–H groups in total. The highest BCUT2D eigenvalue weighted by atomic mass is 79.9. The Labute approximate surface area is 157 Å². The molecular formula is C20H23BrN2O2. The molecule has 0 saturated carbocycles. The van der Waals surface area contributed by atoms with Gasteiger partial charge in [0, 0.05) is 23.2 Å². The quantitative estimate of drug-likeness (QED) is 0.834. The third kappa shape index (κ3) is 4.91. The minimum atomic E-state index is 0.00244. The molecule has 1 aliphatic rings. The maximum absolute atomic E-state index is 12.4. The van der Waals surface area contributed by atoms with Crippen LogP contribution >= 0.6 is 15.9 Å². The Morgan fingerprint density at radius 3 is 2.72 bits per heavy atom. The van der Waals surface area contributed by atoms with E-state index in [1.165, 1.54) is 0 Å². The first-order valence-corrected chi connectivity index (χ1v) is 9.29. The number of benzene rings is 2. The highest BCUT2D eigenvalue weighted by Crippen LogP contribution is 2.25. The molecular weight excluding hydrogens is 380 g/mol. The number of hydrogen-bond acceptors (Lipinski definition) is 3. The highest BCUT2D eigenvalue weighted by Gasteiger charge is 2.27. The summed E-state index contributed by atoms with van der Waals surface area (Å²) >= 11 is 3.48. The number of amides is 1. The molecule has 1 aliphatic heterocycles. The molecule has 0 spiro atoms. The van der Waals surface area contributed by atoms with Crippen LogP contribution in [0.5, 0.6) is 0 Å². The van der Waals surface area contributed by atoms with E-state index >= 15 is 0 Å². The Morgan fingerprint density at radius 1 is 1.24 bits per heavy atom. The molecule has 0 aromatic heterocycles. The summed E-state index contributed by atoms with van der Waals surface area (Å²) in [6.07, 6.45) is 0.106. The number of halogens is 1. The molecule has 3 rings (SSSR count). The Balaban J connectivity index is 1.61. The van der Waals surface area contributed by atoms with Gasteiger partial charge in [0.2, 0.25) is 5.91 Å². The van der Waals surface area contributed by atoms with E-state index in [0.717, 1.165) is 34.4 Å². The van der Waals surface area contributed by atoms with Crippen molar-refractivity contribution in [2.24, 2.45) is 0 Å². The summed E-state index contributed by atoms with van der Waals surface area (Å²) < 4.78 is 7.09. The second kappa shape index (κ2) is 8.13. The van der Waals surface area contributed by atoms with Crippen LogP contribution < -0.4 is 5.32 Å². The maximum Gasteiger partial charge on any atom is 0.238 e. The van der Waals surface area contributed by atoms with Gasteiger partial charge in [-0.15, -0.1) is 0 Å². The summed E-state index contributed by atoms with van der Waals surface area (Å²) in [5, 5.41) is 2.98. The van der Waals surface area contributed by atoms with E-state index in [1.54, 1.807) is 0 Å². The van der Waals surface area contributed by atoms with Gasteiger partial charge in [-0.05, 0) is 43.2 Å². The molecule has 1 saturated heterocycles. The summed E-state index contributed by atoms with van der Waals surface area (Å²) in [5.41, 5.74) is 3.08. The molecule has 0 aliphatic carbocycles. The first-order chi connectivity index (χ1) is 12.0. The van der Waals surface area contributed by atoms with Crippen LogP contribution in [0.25, 0.3) is 0 Å². The molecule has 2 aromatic rings. The van der Waals surface area contributed by atoms with Crippen molar-refractivity contribution < 1.29 is 9.53 Å². The standard InChI is InChI=1S/C20H23BrN2O2/c1-14-10-17(8-9-18(14)21)22-20(24)13-23-11-15(2)25-19(12-23)16-6-4-3-5-7-16/h3-10,15,19H,11-13H2,1-2H3,(H,22,24). The van der Waals surface area contributed by atoms with Gasteiger partial charge in [-0.25, -0.2) is 0 Å². The Hall–Kier alpha value is -1.69. The first kappa shape index (κ1) is 18.1. The van der Waals surface area contributed by atoms with Crippen molar-refractivity contribution in [1.82, 2.24) is 4.90 Å². The molecule has 2 atom stereocenters. The van der Waals surface area contributed by atoms with Gasteiger partial charge in [0.25, 0.3) is 0 Å². The van der Waals surface area contributed by atoms with Crippen LogP contribution in [0.15, 0.2) is 53.0 Å². The van der Waals surface area contributed by atoms with Crippen LogP contribution in [0.1, 0.15) is 24.2 Å². The fraction of sp³-hybridized carbons (Fsp3) is 0.350. The van der Waals surface area contributed by atoms with Gasteiger partial charge in [0.15, 0.2) is 0 Å². The van der Waals surface area contributed by atoms with E-state index in [-0.39, 0.29) is 18.1 Å². The maximum atomic E-state index is 12.4. The molecule has 5 heteroatoms. The summed E-state index contributed by atoms with van der Waals surface area (Å²) in [6, 6.07) is 16.0. The number of morpholine rings is 1. The largest absolute Gasteiger partial charge is 0.368 e. The number of ether oxygens (including phenoxy) is 1. The average molecular weight is 403 g/mol. The Bertz CT molecular complexity index is 736. The molecule has 1 fully saturated rings. The van der Waals surface area contributed by atoms with Gasteiger partial charge in [-0.2, -0.15) is 0 Å². The second-order valence-corrected chi connectivity index (χ2v) is 7.41. The van der Waals surface area contributed by atoms with E-state index in [0.29, 0.717) is 6.54 Å². The zero-order valence-corrected chi connectivity index (χ0v) is 16.1. The lowest BCUT2D eigenvalue weighted by Gasteiger charge is -2.36. The van der Waals surface area contributed by atoms with E-state index in [2.05, 4.69) is 45.2 Å². The molecule has 1 heterocycles. The van der Waals surface area contributed by atoms with Gasteiger partial charge in [-0.1, -0.05) is 46.3 Å². The van der Waals surface area contributed by atoms with Crippen molar-refractivity contribution in [3.63, 3.8) is 0 Å². The number of carbonyl (C=O) groups excluding carboxylic acids is 1. The van der Waals surface area contributed by atoms with Crippen molar-refractivity contribution in [1.29, 1.82) is 0 Å². The van der Waals surface area contributed by atoms with E-state index < -0.39 is 0 Å². The third-order valence-corrected chi connectivity index (χ3v) is 5.21. The predicted molar refractivity (Wildman–Crippen MR) is 104 cm³/mol. The van der Waals surface area contributed by atoms with Crippen LogP contribution in [0.4, 0.5) is 5.69 Å². The Kier molecular flexibility index (Phi) is 5.89. The number of aryl methyl sites for hydroxylation is 1. The topological polar surface area (TPSA) is 41.6 Å². The van der Waals surface area contributed by atoms with Crippen LogP contribution in [-0.4, -0.2) is 36.5 Å². The van der Waals surface area contributed by atoms with Gasteiger partial charge in [0.1, 0.15) is 0 Å². The van der Waals surface area contributed by atoms with Gasteiger partial charge >= 0.3 is 0 Å². The predicted octanol–water partition coefficient (Wildman–Crippen LogP) is 4.16. The van der Waals surface area contributed by atoms with Gasteiger partial charge in [-0.3, -0.25) is 9.69 Å². The normalized spacial score (nSPS) is 21.1. The van der Waals surface area contributed by atoms with Crippen molar-refractivity contribution in [3.05, 3.63) is 64.1 Å². The number of nitrogens with one attached hydrogen (secondary N) is 1. The molecule has 0 bridgehead atoms. The molecule has 25 heavy (non-hydrogen) atoms. The molecule has 1 amide bonds. The summed E-state index contributed by atoms with van der Waals surface area (Å²) in [4.78, 5) is 14.6. The Morgan fingerprint density at radius 2 is 2.00 bits per heavy atom. The SMILES string of the molecule is Cc1cc(NC(=O)CN2CC(C)OC(c3ccccc3)C2)ccc1Br. The smallest absolute Gasteiger partial charge is 0.238 e. The number of carbonyl (C=O) groups is 1. The molecule has 2 unspecified atom stereocenters. The number of rotatable bonds is 4. The van der Waals surface area contributed by atoms with Crippen LogP contribution in [0.3, 0.4) is 0 Å². The number of hydrogen-bond donors (Lipinski definition) is 1. The van der Waals surface area contributed by atoms with Crippen LogP contribution in [0, 0.1) is 6.92 Å². The second-order valence-electron chi connectivity index (χ2n) is 6.55. The lowest BCUT2D eigenvalue weighted by atomic mass is 10.1. The zero-order valence-electron chi connectivity index (χ0n) is 14.5. The lowest BCUT2D eigenvalue weighted by molar-refractivity contribution is -0.122. The van der Waals surface area contributed by atoms with E-state index in [4.69, 9.17) is 4.74 Å². The van der Waals surface area contributed by atoms with Gasteiger partial charge < -0.3 is 10.1 Å². The van der Waals surface area contributed by atoms with Crippen LogP contribution in [-0.2, 0) is 9.53 Å². The summed E-state index contributed by atoms with van der Waals surface area (Å²) in [6.45, 7) is 5.91. The molecule has 132 valence electrons. The van der Waals surface area contributed by atoms with Crippen molar-refractivity contribution in [2.45, 2.75) is 26.1 Å². The fourth-order valence-electron chi connectivity index (χ4n) is 3.15. The summed E-state index contributed by atoms with van der Waals surface area (Å²) in [7, 11) is 0. The minimum Gasteiger partial charge on any atom is -0.368 e. The van der Waals surface area contributed by atoms with Crippen molar-refractivity contribution in [3.8, 4) is 0 Å². The number of nitrogens with zero attached hydrogens (tertiary/aromatic N) is 1. The van der Waals surface area contributed by atoms with Crippen LogP contribution in [0.2, 0.25) is 0 Å². The average Bonchev–Trinajstić information content (AvgIpc) is 2.58.